The summed E-state index contributed by atoms with van der Waals surface area (Å²) in [6, 6.07) is 6.80. The molecular formula is C15H15Cl2N5O3. The fraction of sp³-hybridized carbons (Fsp3) is 0.200. The van der Waals surface area contributed by atoms with Crippen LogP contribution in [0.2, 0.25) is 10.3 Å². The van der Waals surface area contributed by atoms with Gasteiger partial charge in [-0.05, 0) is 23.7 Å². The first-order valence-corrected chi connectivity index (χ1v) is 7.93. The first-order valence-electron chi connectivity index (χ1n) is 7.18. The van der Waals surface area contributed by atoms with Gasteiger partial charge in [0.2, 0.25) is 5.28 Å². The van der Waals surface area contributed by atoms with Gasteiger partial charge in [0.15, 0.2) is 5.82 Å². The molecule has 1 aromatic heterocycles. The highest BCUT2D eigenvalue weighted by atomic mass is 35.5. The van der Waals surface area contributed by atoms with Crippen LogP contribution in [-0.2, 0) is 4.74 Å². The third-order valence-electron chi connectivity index (χ3n) is 2.96. The normalized spacial score (nSPS) is 10.0. The molecule has 2 aromatic rings. The van der Waals surface area contributed by atoms with E-state index in [0.717, 1.165) is 0 Å². The van der Waals surface area contributed by atoms with E-state index in [-0.39, 0.29) is 35.2 Å². The van der Waals surface area contributed by atoms with E-state index in [1.54, 1.807) is 24.3 Å². The van der Waals surface area contributed by atoms with Crippen LogP contribution in [0.1, 0.15) is 10.4 Å². The maximum absolute atomic E-state index is 12.3. The second kappa shape index (κ2) is 9.05. The molecule has 0 radical (unpaired) electrons. The summed E-state index contributed by atoms with van der Waals surface area (Å²) in [5.74, 6) is -0.0650. The first kappa shape index (κ1) is 18.8. The van der Waals surface area contributed by atoms with Crippen LogP contribution in [0.3, 0.4) is 0 Å². The van der Waals surface area contributed by atoms with Gasteiger partial charge in [0, 0.05) is 7.05 Å². The van der Waals surface area contributed by atoms with Crippen LogP contribution in [0.5, 0.6) is 0 Å². The Morgan fingerprint density at radius 3 is 2.76 bits per heavy atom. The number of alkyl carbamates (subject to hydrolysis) is 1. The molecule has 0 saturated carbocycles. The highest BCUT2D eigenvalue weighted by molar-refractivity contribution is 6.33. The number of benzene rings is 1. The lowest BCUT2D eigenvalue weighted by Crippen LogP contribution is -2.30. The van der Waals surface area contributed by atoms with Gasteiger partial charge in [-0.3, -0.25) is 4.79 Å². The summed E-state index contributed by atoms with van der Waals surface area (Å²) in [4.78, 5) is 31.0. The van der Waals surface area contributed by atoms with E-state index in [0.29, 0.717) is 11.3 Å². The van der Waals surface area contributed by atoms with Crippen molar-refractivity contribution in [3.05, 3.63) is 46.3 Å². The minimum absolute atomic E-state index is 0.0279. The molecule has 0 aliphatic carbocycles. The van der Waals surface area contributed by atoms with Crippen LogP contribution >= 0.6 is 23.2 Å². The average Bonchev–Trinajstić information content (AvgIpc) is 2.61. The second-order valence-electron chi connectivity index (χ2n) is 4.65. The van der Waals surface area contributed by atoms with E-state index < -0.39 is 6.09 Å². The predicted molar refractivity (Wildman–Crippen MR) is 94.5 cm³/mol. The van der Waals surface area contributed by atoms with Crippen molar-refractivity contribution in [2.45, 2.75) is 0 Å². The Labute approximate surface area is 153 Å². The molecule has 3 N–H and O–H groups in total. The molecule has 0 spiro atoms. The molecule has 0 aliphatic rings. The van der Waals surface area contributed by atoms with E-state index in [1.165, 1.54) is 13.2 Å². The molecule has 1 aromatic carbocycles. The summed E-state index contributed by atoms with van der Waals surface area (Å²) in [5, 5.41) is 8.21. The Kier molecular flexibility index (Phi) is 6.79. The molecule has 0 bridgehead atoms. The number of halogens is 2. The number of nitrogens with zero attached hydrogens (tertiary/aromatic N) is 2. The molecule has 8 nitrogen and oxygen atoms in total. The molecule has 0 aliphatic heterocycles. The minimum Gasteiger partial charge on any atom is -0.448 e. The standard InChI is InChI=1S/C15H15Cl2N5O3/c1-18-15(24)25-7-6-19-13(23)9-4-2-3-5-11(9)21-12-10(16)8-20-14(17)22-12/h2-5,8H,6-7H2,1H3,(H,18,24)(H,19,23)(H,20,21,22). The van der Waals surface area contributed by atoms with Crippen molar-refractivity contribution in [2.75, 3.05) is 25.5 Å². The fourth-order valence-corrected chi connectivity index (χ4v) is 2.10. The zero-order chi connectivity index (χ0) is 18.2. The van der Waals surface area contributed by atoms with Crippen molar-refractivity contribution in [1.82, 2.24) is 20.6 Å². The average molecular weight is 384 g/mol. The number of amides is 2. The largest absolute Gasteiger partial charge is 0.448 e. The number of ether oxygens (including phenoxy) is 1. The quantitative estimate of drug-likeness (QED) is 0.522. The topological polar surface area (TPSA) is 105 Å². The number of aromatic nitrogens is 2. The second-order valence-corrected chi connectivity index (χ2v) is 5.39. The number of para-hydroxylation sites is 1. The van der Waals surface area contributed by atoms with Crippen molar-refractivity contribution >= 4 is 46.7 Å². The van der Waals surface area contributed by atoms with Crippen LogP contribution in [0.4, 0.5) is 16.3 Å². The Morgan fingerprint density at radius 2 is 2.00 bits per heavy atom. The van der Waals surface area contributed by atoms with Crippen molar-refractivity contribution in [3.63, 3.8) is 0 Å². The van der Waals surface area contributed by atoms with Crippen LogP contribution in [0.25, 0.3) is 0 Å². The molecule has 2 rings (SSSR count). The van der Waals surface area contributed by atoms with Crippen molar-refractivity contribution < 1.29 is 14.3 Å². The zero-order valence-corrected chi connectivity index (χ0v) is 14.7. The van der Waals surface area contributed by atoms with Gasteiger partial charge in [-0.15, -0.1) is 0 Å². The number of carbonyl (C=O) groups is 2. The maximum Gasteiger partial charge on any atom is 0.406 e. The van der Waals surface area contributed by atoms with Crippen LogP contribution in [0, 0.1) is 0 Å². The lowest BCUT2D eigenvalue weighted by atomic mass is 10.1. The fourth-order valence-electron chi connectivity index (χ4n) is 1.83. The summed E-state index contributed by atoms with van der Waals surface area (Å²) >= 11 is 11.8. The summed E-state index contributed by atoms with van der Waals surface area (Å²) in [6.45, 7) is 0.217. The van der Waals surface area contributed by atoms with Crippen LogP contribution in [-0.4, -0.2) is 42.2 Å². The first-order chi connectivity index (χ1) is 12.0. The number of carbonyl (C=O) groups excluding carboxylic acids is 2. The minimum atomic E-state index is -0.563. The maximum atomic E-state index is 12.3. The van der Waals surface area contributed by atoms with Crippen LogP contribution < -0.4 is 16.0 Å². The molecule has 25 heavy (non-hydrogen) atoms. The molecule has 2 amide bonds. The van der Waals surface area contributed by atoms with E-state index in [4.69, 9.17) is 27.9 Å². The summed E-state index contributed by atoms with van der Waals surface area (Å²) in [5.41, 5.74) is 0.858. The summed E-state index contributed by atoms with van der Waals surface area (Å²) in [7, 11) is 1.45. The van der Waals surface area contributed by atoms with Gasteiger partial charge in [0.25, 0.3) is 5.91 Å². The molecule has 10 heteroatoms. The Hall–Kier alpha value is -2.58. The Bertz CT molecular complexity index is 773. The van der Waals surface area contributed by atoms with Crippen molar-refractivity contribution in [2.24, 2.45) is 0 Å². The Morgan fingerprint density at radius 1 is 1.24 bits per heavy atom. The molecule has 0 saturated heterocycles. The number of hydrogen-bond donors (Lipinski definition) is 3. The van der Waals surface area contributed by atoms with Gasteiger partial charge in [-0.1, -0.05) is 23.7 Å². The lowest BCUT2D eigenvalue weighted by molar-refractivity contribution is 0.0935. The molecule has 0 unspecified atom stereocenters. The predicted octanol–water partition coefficient (Wildman–Crippen LogP) is 2.61. The van der Waals surface area contributed by atoms with Crippen molar-refractivity contribution in [3.8, 4) is 0 Å². The molecule has 132 valence electrons. The lowest BCUT2D eigenvalue weighted by Gasteiger charge is -2.12. The smallest absolute Gasteiger partial charge is 0.406 e. The summed E-state index contributed by atoms with van der Waals surface area (Å²) < 4.78 is 4.80. The van der Waals surface area contributed by atoms with E-state index in [1.807, 2.05) is 0 Å². The van der Waals surface area contributed by atoms with Gasteiger partial charge < -0.3 is 20.7 Å². The van der Waals surface area contributed by atoms with Gasteiger partial charge in [-0.2, -0.15) is 4.98 Å². The number of rotatable bonds is 6. The highest BCUT2D eigenvalue weighted by Crippen LogP contribution is 2.25. The monoisotopic (exact) mass is 383 g/mol. The molecule has 0 fully saturated rings. The number of nitrogens with one attached hydrogen (secondary N) is 3. The third kappa shape index (κ3) is 5.47. The van der Waals surface area contributed by atoms with Gasteiger partial charge >= 0.3 is 6.09 Å². The SMILES string of the molecule is CNC(=O)OCCNC(=O)c1ccccc1Nc1nc(Cl)ncc1Cl. The van der Waals surface area contributed by atoms with Crippen LogP contribution in [0.15, 0.2) is 30.5 Å². The summed E-state index contributed by atoms with van der Waals surface area (Å²) in [6.07, 6.45) is 0.796. The van der Waals surface area contributed by atoms with E-state index >= 15 is 0 Å². The van der Waals surface area contributed by atoms with Crippen molar-refractivity contribution in [1.29, 1.82) is 0 Å². The number of hydrogen-bond acceptors (Lipinski definition) is 6. The molecular weight excluding hydrogens is 369 g/mol. The van der Waals surface area contributed by atoms with Gasteiger partial charge in [-0.25, -0.2) is 9.78 Å². The van der Waals surface area contributed by atoms with E-state index in [2.05, 4.69) is 25.9 Å². The van der Waals surface area contributed by atoms with Gasteiger partial charge in [0.05, 0.1) is 24.0 Å². The number of anilines is 2. The van der Waals surface area contributed by atoms with Gasteiger partial charge in [0.1, 0.15) is 11.6 Å². The highest BCUT2D eigenvalue weighted by Gasteiger charge is 2.13. The zero-order valence-electron chi connectivity index (χ0n) is 13.2. The van der Waals surface area contributed by atoms with E-state index in [9.17, 15) is 9.59 Å². The molecule has 0 atom stereocenters. The Balaban J connectivity index is 2.05. The third-order valence-corrected chi connectivity index (χ3v) is 3.42. The molecule has 1 heterocycles.